The second kappa shape index (κ2) is 5.88. The van der Waals surface area contributed by atoms with Crippen LogP contribution in [0.2, 0.25) is 0 Å². The second-order valence-corrected chi connectivity index (χ2v) is 6.64. The van der Waals surface area contributed by atoms with Crippen molar-refractivity contribution >= 4 is 22.1 Å². The van der Waals surface area contributed by atoms with Gasteiger partial charge >= 0.3 is 0 Å². The first kappa shape index (κ1) is 14.1. The van der Waals surface area contributed by atoms with Crippen molar-refractivity contribution in [1.29, 1.82) is 0 Å². The number of aryl methyl sites for hydroxylation is 1. The van der Waals surface area contributed by atoms with E-state index in [0.717, 1.165) is 11.1 Å². The highest BCUT2D eigenvalue weighted by Crippen LogP contribution is 2.33. The van der Waals surface area contributed by atoms with Gasteiger partial charge in [0.1, 0.15) is 11.9 Å². The third kappa shape index (κ3) is 2.94. The maximum atomic E-state index is 6.27. The van der Waals surface area contributed by atoms with Crippen LogP contribution >= 0.6 is 11.3 Å². The first-order chi connectivity index (χ1) is 10.1. The average molecular weight is 297 g/mol. The molecule has 0 fully saturated rings. The Balaban J connectivity index is 1.99. The first-order valence-corrected chi connectivity index (χ1v) is 7.93. The van der Waals surface area contributed by atoms with Gasteiger partial charge in [0.25, 0.3) is 0 Å². The summed E-state index contributed by atoms with van der Waals surface area (Å²) >= 11 is 1.74. The molecule has 2 nitrogen and oxygen atoms in total. The molecule has 0 aliphatic carbocycles. The topological polar surface area (TPSA) is 35.2 Å². The van der Waals surface area contributed by atoms with Gasteiger partial charge in [0, 0.05) is 21.2 Å². The number of rotatable bonds is 4. The fourth-order valence-electron chi connectivity index (χ4n) is 2.47. The fraction of sp³-hybridized carbons (Fsp3) is 0.222. The minimum Gasteiger partial charge on any atom is -0.483 e. The number of nitrogens with two attached hydrogens (primary N) is 1. The van der Waals surface area contributed by atoms with Crippen LogP contribution in [-0.2, 0) is 0 Å². The van der Waals surface area contributed by atoms with Crippen LogP contribution in [0.3, 0.4) is 0 Å². The molecule has 0 aliphatic rings. The Labute approximate surface area is 129 Å². The molecule has 0 saturated heterocycles. The molecule has 2 atom stereocenters. The molecule has 0 aliphatic heterocycles. The van der Waals surface area contributed by atoms with Gasteiger partial charge in [-0.15, -0.1) is 11.3 Å². The van der Waals surface area contributed by atoms with Crippen molar-refractivity contribution in [2.24, 2.45) is 5.73 Å². The molecule has 1 aromatic heterocycles. The Hall–Kier alpha value is -1.84. The lowest BCUT2D eigenvalue weighted by Gasteiger charge is -2.22. The number of hydrogen-bond donors (Lipinski definition) is 1. The molecular formula is C18H19NOS. The zero-order valence-electron chi connectivity index (χ0n) is 12.2. The van der Waals surface area contributed by atoms with Crippen LogP contribution in [0.15, 0.2) is 54.6 Å². The minimum absolute atomic E-state index is 0.0676. The molecule has 2 N–H and O–H groups in total. The smallest absolute Gasteiger partial charge is 0.148 e. The van der Waals surface area contributed by atoms with Crippen LogP contribution in [0, 0.1) is 6.92 Å². The highest BCUT2D eigenvalue weighted by Gasteiger charge is 2.20. The Morgan fingerprint density at radius 2 is 1.76 bits per heavy atom. The SMILES string of the molecule is Cc1ccc(C(Oc2cccc3ccccc23)C(C)N)s1. The molecule has 0 radical (unpaired) electrons. The number of ether oxygens (including phenoxy) is 1. The molecule has 108 valence electrons. The summed E-state index contributed by atoms with van der Waals surface area (Å²) in [6.45, 7) is 4.09. The van der Waals surface area contributed by atoms with Crippen LogP contribution in [-0.4, -0.2) is 6.04 Å². The lowest BCUT2D eigenvalue weighted by molar-refractivity contribution is 0.186. The largest absolute Gasteiger partial charge is 0.483 e. The molecule has 21 heavy (non-hydrogen) atoms. The zero-order chi connectivity index (χ0) is 14.8. The normalized spacial score (nSPS) is 14.0. The van der Waals surface area contributed by atoms with Crippen LogP contribution in [0.4, 0.5) is 0 Å². The van der Waals surface area contributed by atoms with Crippen LogP contribution in [0.1, 0.15) is 22.8 Å². The summed E-state index contributed by atoms with van der Waals surface area (Å²) in [4.78, 5) is 2.45. The minimum atomic E-state index is -0.116. The van der Waals surface area contributed by atoms with Gasteiger partial charge in [-0.25, -0.2) is 0 Å². The summed E-state index contributed by atoms with van der Waals surface area (Å²) in [5.41, 5.74) is 6.15. The highest BCUT2D eigenvalue weighted by atomic mass is 32.1. The Bertz CT molecular complexity index is 742. The maximum Gasteiger partial charge on any atom is 0.148 e. The van der Waals surface area contributed by atoms with Crippen LogP contribution in [0.25, 0.3) is 10.8 Å². The lowest BCUT2D eigenvalue weighted by Crippen LogP contribution is -2.28. The Morgan fingerprint density at radius 1 is 1.00 bits per heavy atom. The summed E-state index contributed by atoms with van der Waals surface area (Å²) in [6, 6.07) is 18.5. The van der Waals surface area contributed by atoms with Gasteiger partial charge in [-0.2, -0.15) is 0 Å². The van der Waals surface area contributed by atoms with Gasteiger partial charge in [0.2, 0.25) is 0 Å². The lowest BCUT2D eigenvalue weighted by atomic mass is 10.1. The van der Waals surface area contributed by atoms with Gasteiger partial charge in [-0.3, -0.25) is 0 Å². The van der Waals surface area contributed by atoms with E-state index in [0.29, 0.717) is 0 Å². The molecule has 0 bridgehead atoms. The summed E-state index contributed by atoms with van der Waals surface area (Å²) in [6.07, 6.45) is -0.116. The van der Waals surface area contributed by atoms with Crippen molar-refractivity contribution in [3.8, 4) is 5.75 Å². The number of benzene rings is 2. The Morgan fingerprint density at radius 3 is 2.48 bits per heavy atom. The molecule has 3 rings (SSSR count). The zero-order valence-corrected chi connectivity index (χ0v) is 13.1. The molecule has 1 heterocycles. The summed E-state index contributed by atoms with van der Waals surface area (Å²) in [5, 5.41) is 2.31. The molecule has 2 unspecified atom stereocenters. The van der Waals surface area contributed by atoms with E-state index in [4.69, 9.17) is 10.5 Å². The third-order valence-electron chi connectivity index (χ3n) is 3.52. The van der Waals surface area contributed by atoms with E-state index in [1.54, 1.807) is 11.3 Å². The van der Waals surface area contributed by atoms with Gasteiger partial charge in [-0.1, -0.05) is 36.4 Å². The molecule has 0 amide bonds. The van der Waals surface area contributed by atoms with Crippen molar-refractivity contribution in [3.63, 3.8) is 0 Å². The van der Waals surface area contributed by atoms with E-state index < -0.39 is 0 Å². The van der Waals surface area contributed by atoms with E-state index in [-0.39, 0.29) is 12.1 Å². The van der Waals surface area contributed by atoms with Crippen molar-refractivity contribution in [2.45, 2.75) is 26.0 Å². The van der Waals surface area contributed by atoms with Crippen molar-refractivity contribution in [1.82, 2.24) is 0 Å². The molecule has 3 heteroatoms. The first-order valence-electron chi connectivity index (χ1n) is 7.11. The number of hydrogen-bond acceptors (Lipinski definition) is 3. The van der Waals surface area contributed by atoms with E-state index >= 15 is 0 Å². The molecule has 2 aromatic carbocycles. The Kier molecular flexibility index (Phi) is 3.95. The van der Waals surface area contributed by atoms with Gasteiger partial charge in [-0.05, 0) is 37.4 Å². The monoisotopic (exact) mass is 297 g/mol. The van der Waals surface area contributed by atoms with Gasteiger partial charge in [0.15, 0.2) is 0 Å². The second-order valence-electron chi connectivity index (χ2n) is 5.32. The van der Waals surface area contributed by atoms with E-state index in [2.05, 4.69) is 37.3 Å². The number of thiophene rings is 1. The third-order valence-corrected chi connectivity index (χ3v) is 4.58. The summed E-state index contributed by atoms with van der Waals surface area (Å²) in [7, 11) is 0. The van der Waals surface area contributed by atoms with Gasteiger partial charge in [0.05, 0.1) is 0 Å². The molecule has 3 aromatic rings. The number of fused-ring (bicyclic) bond motifs is 1. The van der Waals surface area contributed by atoms with E-state index in [1.165, 1.54) is 15.1 Å². The predicted octanol–water partition coefficient (Wildman–Crippen LogP) is 4.68. The van der Waals surface area contributed by atoms with Gasteiger partial charge < -0.3 is 10.5 Å². The van der Waals surface area contributed by atoms with Crippen LogP contribution in [0.5, 0.6) is 5.75 Å². The quantitative estimate of drug-likeness (QED) is 0.759. The van der Waals surface area contributed by atoms with Crippen LogP contribution < -0.4 is 10.5 Å². The van der Waals surface area contributed by atoms with Crippen molar-refractivity contribution in [3.05, 3.63) is 64.4 Å². The fourth-order valence-corrected chi connectivity index (χ4v) is 3.49. The van der Waals surface area contributed by atoms with E-state index in [1.807, 2.05) is 31.2 Å². The van der Waals surface area contributed by atoms with Crippen molar-refractivity contribution < 1.29 is 4.74 Å². The maximum absolute atomic E-state index is 6.27. The van der Waals surface area contributed by atoms with Crippen molar-refractivity contribution in [2.75, 3.05) is 0 Å². The molecule has 0 saturated carbocycles. The predicted molar refractivity (Wildman–Crippen MR) is 90.0 cm³/mol. The molecule has 0 spiro atoms. The van der Waals surface area contributed by atoms with E-state index in [9.17, 15) is 0 Å². The summed E-state index contributed by atoms with van der Waals surface area (Å²) < 4.78 is 6.27. The highest BCUT2D eigenvalue weighted by molar-refractivity contribution is 7.12. The molecular weight excluding hydrogens is 278 g/mol. The average Bonchev–Trinajstić information content (AvgIpc) is 2.90. The standard InChI is InChI=1S/C18H19NOS/c1-12-10-11-17(21-12)18(13(2)19)20-16-9-5-7-14-6-3-4-8-15(14)16/h3-11,13,18H,19H2,1-2H3. The summed E-state index contributed by atoms with van der Waals surface area (Å²) in [5.74, 6) is 0.890.